The highest BCUT2D eigenvalue weighted by Crippen LogP contribution is 2.26. The Morgan fingerprint density at radius 3 is 2.52 bits per heavy atom. The third-order valence-corrected chi connectivity index (χ3v) is 3.74. The van der Waals surface area contributed by atoms with E-state index in [4.69, 9.17) is 17.3 Å². The van der Waals surface area contributed by atoms with E-state index in [1.165, 1.54) is 0 Å². The first-order valence-corrected chi connectivity index (χ1v) is 7.18. The molecule has 4 heteroatoms. The van der Waals surface area contributed by atoms with Crippen LogP contribution >= 0.6 is 11.6 Å². The van der Waals surface area contributed by atoms with E-state index in [2.05, 4.69) is 17.2 Å². The highest BCUT2D eigenvalue weighted by Gasteiger charge is 2.08. The molecule has 1 heterocycles. The van der Waals surface area contributed by atoms with E-state index in [1.807, 2.05) is 55.7 Å². The van der Waals surface area contributed by atoms with Crippen molar-refractivity contribution >= 4 is 11.6 Å². The summed E-state index contributed by atoms with van der Waals surface area (Å²) in [6.45, 7) is 1.94. The molecule has 21 heavy (non-hydrogen) atoms. The lowest BCUT2D eigenvalue weighted by molar-refractivity contribution is 0.814. The Bertz CT molecular complexity index is 748. The van der Waals surface area contributed by atoms with E-state index in [9.17, 15) is 0 Å². The molecule has 0 saturated carbocycles. The summed E-state index contributed by atoms with van der Waals surface area (Å²) >= 11 is 6.35. The van der Waals surface area contributed by atoms with Gasteiger partial charge in [-0.1, -0.05) is 48.0 Å². The Hall–Kier alpha value is -2.10. The second kappa shape index (κ2) is 5.72. The Morgan fingerprint density at radius 1 is 1.10 bits per heavy atom. The number of aromatic nitrogens is 2. The number of benzene rings is 2. The topological polar surface area (TPSA) is 43.8 Å². The Labute approximate surface area is 129 Å². The number of rotatable bonds is 3. The fraction of sp³-hybridized carbons (Fsp3) is 0.118. The molecule has 3 nitrogen and oxygen atoms in total. The molecule has 0 bridgehead atoms. The number of halogens is 1. The zero-order valence-corrected chi connectivity index (χ0v) is 12.5. The molecule has 106 valence electrons. The minimum absolute atomic E-state index is 0.0333. The van der Waals surface area contributed by atoms with Crippen molar-refractivity contribution in [2.45, 2.75) is 13.0 Å². The van der Waals surface area contributed by atoms with Crippen molar-refractivity contribution in [3.63, 3.8) is 0 Å². The van der Waals surface area contributed by atoms with Crippen LogP contribution in [0, 0.1) is 0 Å². The zero-order chi connectivity index (χ0) is 14.8. The lowest BCUT2D eigenvalue weighted by atomic mass is 10.1. The maximum atomic E-state index is 6.35. The molecule has 0 aliphatic carbocycles. The molecule has 1 unspecified atom stereocenters. The fourth-order valence-corrected chi connectivity index (χ4v) is 2.50. The van der Waals surface area contributed by atoms with Gasteiger partial charge in [-0.15, -0.1) is 0 Å². The van der Waals surface area contributed by atoms with Crippen LogP contribution < -0.4 is 5.73 Å². The van der Waals surface area contributed by atoms with Crippen molar-refractivity contribution in [1.82, 2.24) is 9.78 Å². The molecule has 2 N–H and O–H groups in total. The van der Waals surface area contributed by atoms with Gasteiger partial charge in [0.2, 0.25) is 0 Å². The number of nitrogens with zero attached hydrogens (tertiary/aromatic N) is 2. The van der Waals surface area contributed by atoms with E-state index in [-0.39, 0.29) is 6.04 Å². The molecule has 0 fully saturated rings. The van der Waals surface area contributed by atoms with Gasteiger partial charge in [0.1, 0.15) is 0 Å². The average molecular weight is 298 g/mol. The third-order valence-electron chi connectivity index (χ3n) is 3.43. The van der Waals surface area contributed by atoms with Crippen LogP contribution in [0.4, 0.5) is 0 Å². The first-order valence-electron chi connectivity index (χ1n) is 6.80. The van der Waals surface area contributed by atoms with Crippen LogP contribution in [0.5, 0.6) is 0 Å². The van der Waals surface area contributed by atoms with Crippen molar-refractivity contribution in [1.29, 1.82) is 0 Å². The molecule has 0 spiro atoms. The average Bonchev–Trinajstić information content (AvgIpc) is 2.97. The van der Waals surface area contributed by atoms with E-state index in [1.54, 1.807) is 4.68 Å². The summed E-state index contributed by atoms with van der Waals surface area (Å²) in [6, 6.07) is 15.9. The summed E-state index contributed by atoms with van der Waals surface area (Å²) in [5.74, 6) is 0. The smallest absolute Gasteiger partial charge is 0.0832 e. The van der Waals surface area contributed by atoms with Gasteiger partial charge in [0.05, 0.1) is 16.9 Å². The van der Waals surface area contributed by atoms with E-state index < -0.39 is 0 Å². The molecule has 1 atom stereocenters. The molecule has 2 aromatic carbocycles. The predicted octanol–water partition coefficient (Wildman–Crippen LogP) is 4.21. The van der Waals surface area contributed by atoms with Gasteiger partial charge in [0.15, 0.2) is 0 Å². The summed E-state index contributed by atoms with van der Waals surface area (Å²) in [7, 11) is 0. The van der Waals surface area contributed by atoms with Crippen LogP contribution in [0.3, 0.4) is 0 Å². The van der Waals surface area contributed by atoms with E-state index in [0.29, 0.717) is 5.02 Å². The Morgan fingerprint density at radius 2 is 1.86 bits per heavy atom. The Balaban J connectivity index is 1.97. The van der Waals surface area contributed by atoms with Crippen LogP contribution in [0.25, 0.3) is 16.8 Å². The first kappa shape index (κ1) is 13.9. The minimum Gasteiger partial charge on any atom is -0.324 e. The van der Waals surface area contributed by atoms with Gasteiger partial charge >= 0.3 is 0 Å². The van der Waals surface area contributed by atoms with Crippen LogP contribution in [-0.4, -0.2) is 9.78 Å². The monoisotopic (exact) mass is 297 g/mol. The molecule has 3 rings (SSSR count). The fourth-order valence-electron chi connectivity index (χ4n) is 2.23. The maximum Gasteiger partial charge on any atom is 0.0832 e. The third kappa shape index (κ3) is 2.84. The highest BCUT2D eigenvalue weighted by atomic mass is 35.5. The summed E-state index contributed by atoms with van der Waals surface area (Å²) < 4.78 is 1.79. The van der Waals surface area contributed by atoms with Crippen molar-refractivity contribution < 1.29 is 0 Å². The highest BCUT2D eigenvalue weighted by molar-refractivity contribution is 6.32. The number of hydrogen-bond donors (Lipinski definition) is 1. The van der Waals surface area contributed by atoms with Gasteiger partial charge in [-0.25, -0.2) is 4.68 Å². The summed E-state index contributed by atoms with van der Waals surface area (Å²) in [5, 5.41) is 5.04. The van der Waals surface area contributed by atoms with Crippen LogP contribution in [-0.2, 0) is 0 Å². The predicted molar refractivity (Wildman–Crippen MR) is 86.6 cm³/mol. The normalized spacial score (nSPS) is 12.3. The van der Waals surface area contributed by atoms with Gasteiger partial charge in [-0.05, 0) is 30.2 Å². The van der Waals surface area contributed by atoms with Crippen LogP contribution in [0.15, 0.2) is 60.9 Å². The molecule has 0 aliphatic rings. The van der Waals surface area contributed by atoms with Crippen LogP contribution in [0.2, 0.25) is 5.02 Å². The van der Waals surface area contributed by atoms with Crippen molar-refractivity contribution in [2.24, 2.45) is 5.73 Å². The number of hydrogen-bond acceptors (Lipinski definition) is 2. The van der Waals surface area contributed by atoms with Crippen LogP contribution in [0.1, 0.15) is 18.5 Å². The summed E-state index contributed by atoms with van der Waals surface area (Å²) in [4.78, 5) is 0. The summed E-state index contributed by atoms with van der Waals surface area (Å²) in [6.07, 6.45) is 3.81. The lowest BCUT2D eigenvalue weighted by Crippen LogP contribution is -2.05. The molecule has 1 aromatic heterocycles. The molecular formula is C17H16ClN3. The lowest BCUT2D eigenvalue weighted by Gasteiger charge is -2.09. The first-order chi connectivity index (χ1) is 10.1. The largest absolute Gasteiger partial charge is 0.324 e. The SMILES string of the molecule is CC(N)c1ccc(-n2cc(-c3ccccc3)cn2)c(Cl)c1. The molecular weight excluding hydrogens is 282 g/mol. The van der Waals surface area contributed by atoms with Gasteiger partial charge in [0.25, 0.3) is 0 Å². The van der Waals surface area contributed by atoms with Crippen molar-refractivity contribution in [3.8, 4) is 16.8 Å². The molecule has 3 aromatic rings. The van der Waals surface area contributed by atoms with Gasteiger partial charge in [-0.2, -0.15) is 5.10 Å². The standard InChI is InChI=1S/C17H16ClN3/c1-12(19)14-7-8-17(16(18)9-14)21-11-15(10-20-21)13-5-3-2-4-6-13/h2-12H,19H2,1H3. The Kier molecular flexibility index (Phi) is 3.78. The maximum absolute atomic E-state index is 6.35. The summed E-state index contributed by atoms with van der Waals surface area (Å²) in [5.41, 5.74) is 9.92. The number of nitrogens with two attached hydrogens (primary N) is 1. The van der Waals surface area contributed by atoms with Gasteiger partial charge in [-0.3, -0.25) is 0 Å². The van der Waals surface area contributed by atoms with Crippen molar-refractivity contribution in [2.75, 3.05) is 0 Å². The second-order valence-corrected chi connectivity index (χ2v) is 5.45. The molecule has 0 radical (unpaired) electrons. The van der Waals surface area contributed by atoms with E-state index in [0.717, 1.165) is 22.4 Å². The quantitative estimate of drug-likeness (QED) is 0.787. The molecule has 0 amide bonds. The molecule has 0 saturated heterocycles. The molecule has 0 aliphatic heterocycles. The van der Waals surface area contributed by atoms with Crippen molar-refractivity contribution in [3.05, 3.63) is 71.5 Å². The minimum atomic E-state index is -0.0333. The second-order valence-electron chi connectivity index (χ2n) is 5.04. The van der Waals surface area contributed by atoms with Gasteiger partial charge in [0, 0.05) is 17.8 Å². The zero-order valence-electron chi connectivity index (χ0n) is 11.7. The van der Waals surface area contributed by atoms with Gasteiger partial charge < -0.3 is 5.73 Å². The van der Waals surface area contributed by atoms with E-state index >= 15 is 0 Å².